The van der Waals surface area contributed by atoms with Crippen LogP contribution in [0, 0.1) is 5.41 Å². The Labute approximate surface area is 161 Å². The van der Waals surface area contributed by atoms with E-state index >= 15 is 0 Å². The van der Waals surface area contributed by atoms with E-state index in [1.165, 1.54) is 11.8 Å². The Morgan fingerprint density at radius 1 is 1.04 bits per heavy atom. The summed E-state index contributed by atoms with van der Waals surface area (Å²) in [5.41, 5.74) is 1.45. The monoisotopic (exact) mass is 387 g/mol. The van der Waals surface area contributed by atoms with Gasteiger partial charge in [0.05, 0.1) is 10.6 Å². The largest absolute Gasteiger partial charge is 0.459 e. The second kappa shape index (κ2) is 9.14. The van der Waals surface area contributed by atoms with Crippen molar-refractivity contribution >= 4 is 22.8 Å². The van der Waals surface area contributed by atoms with Gasteiger partial charge in [0.25, 0.3) is 0 Å². The molecular formula is C20H21NO5S. The van der Waals surface area contributed by atoms with Crippen molar-refractivity contribution in [3.8, 4) is 0 Å². The van der Waals surface area contributed by atoms with Crippen LogP contribution in [-0.2, 0) is 15.2 Å². The molecule has 0 bridgehead atoms. The van der Waals surface area contributed by atoms with Gasteiger partial charge in [-0.25, -0.2) is 4.79 Å². The van der Waals surface area contributed by atoms with Crippen LogP contribution in [0.1, 0.15) is 15.9 Å². The second-order valence-corrected chi connectivity index (χ2v) is 7.20. The van der Waals surface area contributed by atoms with Crippen LogP contribution in [0.3, 0.4) is 0 Å². The van der Waals surface area contributed by atoms with Crippen LogP contribution < -0.4 is 0 Å². The highest BCUT2D eigenvalue weighted by Gasteiger charge is 2.45. The third kappa shape index (κ3) is 4.95. The first-order valence-corrected chi connectivity index (χ1v) is 9.53. The Morgan fingerprint density at radius 2 is 1.67 bits per heavy atom. The van der Waals surface area contributed by atoms with Crippen LogP contribution in [0.5, 0.6) is 0 Å². The van der Waals surface area contributed by atoms with Gasteiger partial charge in [0, 0.05) is 5.75 Å². The van der Waals surface area contributed by atoms with Crippen molar-refractivity contribution in [3.05, 3.63) is 71.8 Å². The van der Waals surface area contributed by atoms with Crippen LogP contribution in [0.15, 0.2) is 60.7 Å². The number of hydrogen-bond donors (Lipinski definition) is 3. The smallest absolute Gasteiger partial charge is 0.338 e. The summed E-state index contributed by atoms with van der Waals surface area (Å²) in [5, 5.41) is 28.7. The maximum absolute atomic E-state index is 12.0. The summed E-state index contributed by atoms with van der Waals surface area (Å²) in [6.07, 6.45) is -4.28. The van der Waals surface area contributed by atoms with Gasteiger partial charge in [0.2, 0.25) is 0 Å². The number of aliphatic hydroxyl groups is 2. The Morgan fingerprint density at radius 3 is 2.33 bits per heavy atom. The van der Waals surface area contributed by atoms with Gasteiger partial charge in [-0.3, -0.25) is 5.41 Å². The van der Waals surface area contributed by atoms with E-state index in [1.807, 2.05) is 30.3 Å². The van der Waals surface area contributed by atoms with Gasteiger partial charge in [-0.05, 0) is 17.7 Å². The van der Waals surface area contributed by atoms with E-state index in [9.17, 15) is 15.0 Å². The van der Waals surface area contributed by atoms with Gasteiger partial charge in [0.1, 0.15) is 31.0 Å². The van der Waals surface area contributed by atoms with Crippen molar-refractivity contribution in [1.82, 2.24) is 0 Å². The first kappa shape index (κ1) is 19.6. The van der Waals surface area contributed by atoms with Crippen LogP contribution in [0.25, 0.3) is 0 Å². The molecule has 3 rings (SSSR count). The fraction of sp³-hybridized carbons (Fsp3) is 0.300. The molecule has 0 aliphatic carbocycles. The van der Waals surface area contributed by atoms with Gasteiger partial charge in [-0.2, -0.15) is 0 Å². The molecule has 1 aliphatic heterocycles. The minimum absolute atomic E-state index is 0.127. The normalized spacial score (nSPS) is 24.5. The number of ether oxygens (including phenoxy) is 2. The molecule has 0 amide bonds. The van der Waals surface area contributed by atoms with Crippen LogP contribution in [-0.4, -0.2) is 52.2 Å². The molecule has 1 unspecified atom stereocenters. The Bertz CT molecular complexity index is 770. The average Bonchev–Trinajstić information content (AvgIpc) is 3.00. The van der Waals surface area contributed by atoms with Gasteiger partial charge in [-0.1, -0.05) is 48.5 Å². The van der Waals surface area contributed by atoms with Crippen molar-refractivity contribution in [1.29, 1.82) is 5.41 Å². The molecule has 0 radical (unpaired) electrons. The summed E-state index contributed by atoms with van der Waals surface area (Å²) in [6, 6.07) is 18.2. The lowest BCUT2D eigenvalue weighted by molar-refractivity contribution is -0.0240. The number of thioether (sulfide) groups is 1. The second-order valence-electron chi connectivity index (χ2n) is 6.18. The predicted octanol–water partition coefficient (Wildman–Crippen LogP) is 2.24. The first-order chi connectivity index (χ1) is 13.1. The molecule has 142 valence electrons. The van der Waals surface area contributed by atoms with Gasteiger partial charge in [0.15, 0.2) is 0 Å². The fourth-order valence-corrected chi connectivity index (χ4v) is 3.61. The Hall–Kier alpha value is -2.19. The third-order valence-corrected chi connectivity index (χ3v) is 5.27. The lowest BCUT2D eigenvalue weighted by Gasteiger charge is -2.15. The van der Waals surface area contributed by atoms with Crippen molar-refractivity contribution in [2.24, 2.45) is 0 Å². The molecule has 1 saturated heterocycles. The highest BCUT2D eigenvalue weighted by atomic mass is 32.2. The lowest BCUT2D eigenvalue weighted by Crippen LogP contribution is -2.36. The summed E-state index contributed by atoms with van der Waals surface area (Å²) in [7, 11) is 0. The molecule has 0 saturated carbocycles. The predicted molar refractivity (Wildman–Crippen MR) is 103 cm³/mol. The van der Waals surface area contributed by atoms with E-state index in [0.29, 0.717) is 11.3 Å². The van der Waals surface area contributed by atoms with Gasteiger partial charge >= 0.3 is 5.97 Å². The molecule has 6 nitrogen and oxygen atoms in total. The molecule has 2 aromatic carbocycles. The zero-order chi connectivity index (χ0) is 19.2. The number of hydrogen-bond acceptors (Lipinski definition) is 7. The molecule has 7 heteroatoms. The summed E-state index contributed by atoms with van der Waals surface area (Å²) < 4.78 is 10.8. The maximum Gasteiger partial charge on any atom is 0.338 e. The minimum Gasteiger partial charge on any atom is -0.459 e. The zero-order valence-corrected chi connectivity index (χ0v) is 15.3. The van der Waals surface area contributed by atoms with E-state index < -0.39 is 30.4 Å². The van der Waals surface area contributed by atoms with Gasteiger partial charge < -0.3 is 19.7 Å². The number of aliphatic hydroxyl groups excluding tert-OH is 2. The zero-order valence-electron chi connectivity index (χ0n) is 14.5. The SMILES string of the molecule is N=C(SCc1ccccc1)C1O[C@H](COC(=O)c2ccccc2)[C@@H](O)[C@H]1O. The number of rotatable bonds is 6. The molecule has 0 spiro atoms. The van der Waals surface area contributed by atoms with E-state index in [-0.39, 0.29) is 11.7 Å². The van der Waals surface area contributed by atoms with E-state index in [1.54, 1.807) is 30.3 Å². The summed E-state index contributed by atoms with van der Waals surface area (Å²) in [5.74, 6) is 0.0357. The van der Waals surface area contributed by atoms with E-state index in [4.69, 9.17) is 14.9 Å². The fourth-order valence-electron chi connectivity index (χ4n) is 2.74. The maximum atomic E-state index is 12.0. The highest BCUT2D eigenvalue weighted by Crippen LogP contribution is 2.27. The molecule has 3 N–H and O–H groups in total. The molecule has 27 heavy (non-hydrogen) atoms. The van der Waals surface area contributed by atoms with Crippen molar-refractivity contribution in [3.63, 3.8) is 0 Å². The van der Waals surface area contributed by atoms with Gasteiger partial charge in [-0.15, -0.1) is 11.8 Å². The average molecular weight is 387 g/mol. The topological polar surface area (TPSA) is 99.8 Å². The van der Waals surface area contributed by atoms with Crippen molar-refractivity contribution < 1.29 is 24.5 Å². The van der Waals surface area contributed by atoms with Crippen LogP contribution >= 0.6 is 11.8 Å². The molecule has 1 heterocycles. The lowest BCUT2D eigenvalue weighted by atomic mass is 10.1. The van der Waals surface area contributed by atoms with Crippen LogP contribution in [0.4, 0.5) is 0 Å². The number of carbonyl (C=O) groups is 1. The van der Waals surface area contributed by atoms with Crippen LogP contribution in [0.2, 0.25) is 0 Å². The van der Waals surface area contributed by atoms with Crippen molar-refractivity contribution in [2.45, 2.75) is 30.2 Å². The number of benzene rings is 2. The number of esters is 1. The first-order valence-electron chi connectivity index (χ1n) is 8.55. The summed E-state index contributed by atoms with van der Waals surface area (Å²) in [4.78, 5) is 12.0. The Kier molecular flexibility index (Phi) is 6.63. The van der Waals surface area contributed by atoms with E-state index in [0.717, 1.165) is 5.56 Å². The Balaban J connectivity index is 1.52. The quantitative estimate of drug-likeness (QED) is 0.399. The molecule has 1 aliphatic rings. The number of nitrogens with one attached hydrogen (secondary N) is 1. The summed E-state index contributed by atoms with van der Waals surface area (Å²) in [6.45, 7) is -0.195. The molecule has 2 aromatic rings. The van der Waals surface area contributed by atoms with Crippen molar-refractivity contribution in [2.75, 3.05) is 6.61 Å². The molecular weight excluding hydrogens is 366 g/mol. The number of carbonyl (C=O) groups excluding carboxylic acids is 1. The molecule has 1 fully saturated rings. The minimum atomic E-state index is -1.23. The highest BCUT2D eigenvalue weighted by molar-refractivity contribution is 8.13. The van der Waals surface area contributed by atoms with E-state index in [2.05, 4.69) is 0 Å². The summed E-state index contributed by atoms with van der Waals surface area (Å²) >= 11 is 1.24. The standard InChI is InChI=1S/C20H21NO5S/c21-19(27-12-13-7-3-1-4-8-13)18-17(23)16(22)15(26-18)11-25-20(24)14-9-5-2-6-10-14/h1-10,15-18,21-23H,11-12H2/t15-,16-,17-,18?/m1/s1. The third-order valence-electron chi connectivity index (χ3n) is 4.25. The molecule has 0 aromatic heterocycles. The molecule has 4 atom stereocenters.